The van der Waals surface area contributed by atoms with E-state index >= 15 is 0 Å². The number of pyridine rings is 1. The number of thiophene rings is 1. The molecule has 162 valence electrons. The monoisotopic (exact) mass is 444 g/mol. The summed E-state index contributed by atoms with van der Waals surface area (Å²) in [6.45, 7) is 3.98. The zero-order valence-electron chi connectivity index (χ0n) is 18.1. The summed E-state index contributed by atoms with van der Waals surface area (Å²) in [6.07, 6.45) is 7.98. The van der Waals surface area contributed by atoms with E-state index in [4.69, 9.17) is 4.74 Å². The van der Waals surface area contributed by atoms with E-state index in [1.165, 1.54) is 10.4 Å². The highest BCUT2D eigenvalue weighted by Crippen LogP contribution is 2.41. The lowest BCUT2D eigenvalue weighted by Crippen LogP contribution is -2.13. The van der Waals surface area contributed by atoms with E-state index in [0.717, 1.165) is 70.0 Å². The molecule has 5 rings (SSSR count). The fraction of sp³-hybridized carbons (Fsp3) is 0.280. The van der Waals surface area contributed by atoms with Crippen LogP contribution in [-0.2, 0) is 17.6 Å². The largest absolute Gasteiger partial charge is 0.455 e. The third-order valence-electron chi connectivity index (χ3n) is 5.93. The van der Waals surface area contributed by atoms with E-state index in [-0.39, 0.29) is 0 Å². The van der Waals surface area contributed by atoms with Crippen molar-refractivity contribution in [3.8, 4) is 11.5 Å². The second kappa shape index (κ2) is 8.67. The van der Waals surface area contributed by atoms with Crippen LogP contribution in [0.25, 0.3) is 10.2 Å². The molecule has 1 aliphatic rings. The first-order chi connectivity index (χ1) is 15.6. The van der Waals surface area contributed by atoms with Gasteiger partial charge in [0.15, 0.2) is 0 Å². The summed E-state index contributed by atoms with van der Waals surface area (Å²) in [5.74, 6) is 2.78. The molecular formula is C25H24N4O2S. The number of hydrogen-bond donors (Lipinski definition) is 1. The van der Waals surface area contributed by atoms with Crippen molar-refractivity contribution in [2.75, 3.05) is 5.32 Å². The maximum atomic E-state index is 10.9. The number of aromatic nitrogens is 3. The van der Waals surface area contributed by atoms with Crippen molar-refractivity contribution in [3.05, 3.63) is 64.6 Å². The SMILES string of the molecule is Cc1ccc(Oc2ccc(Nc3ncnc4sc5c(c34)CCC(CC=O)C5)cc2C)cn1. The summed E-state index contributed by atoms with van der Waals surface area (Å²) in [5.41, 5.74) is 4.26. The first-order valence-corrected chi connectivity index (χ1v) is 11.6. The number of hydrogen-bond acceptors (Lipinski definition) is 7. The summed E-state index contributed by atoms with van der Waals surface area (Å²) >= 11 is 1.73. The number of anilines is 2. The van der Waals surface area contributed by atoms with Crippen molar-refractivity contribution in [2.24, 2.45) is 5.92 Å². The summed E-state index contributed by atoms with van der Waals surface area (Å²) in [6, 6.07) is 9.87. The molecule has 32 heavy (non-hydrogen) atoms. The minimum Gasteiger partial charge on any atom is -0.455 e. The van der Waals surface area contributed by atoms with Gasteiger partial charge in [0.2, 0.25) is 0 Å². The number of fused-ring (bicyclic) bond motifs is 3. The predicted molar refractivity (Wildman–Crippen MR) is 127 cm³/mol. The van der Waals surface area contributed by atoms with E-state index in [1.807, 2.05) is 38.1 Å². The normalized spacial score (nSPS) is 15.4. The topological polar surface area (TPSA) is 77.0 Å². The number of nitrogens with zero attached hydrogens (tertiary/aromatic N) is 3. The van der Waals surface area contributed by atoms with E-state index in [0.29, 0.717) is 12.3 Å². The first-order valence-electron chi connectivity index (χ1n) is 10.8. The number of rotatable bonds is 6. The Hall–Kier alpha value is -3.32. The summed E-state index contributed by atoms with van der Waals surface area (Å²) in [7, 11) is 0. The zero-order valence-corrected chi connectivity index (χ0v) is 18.9. The highest BCUT2D eigenvalue weighted by molar-refractivity contribution is 7.19. The average Bonchev–Trinajstić information content (AvgIpc) is 3.16. The molecule has 0 radical (unpaired) electrons. The lowest BCUT2D eigenvalue weighted by Gasteiger charge is -2.20. The van der Waals surface area contributed by atoms with Gasteiger partial charge in [-0.15, -0.1) is 11.3 Å². The van der Waals surface area contributed by atoms with Gasteiger partial charge in [0.25, 0.3) is 0 Å². The van der Waals surface area contributed by atoms with Crippen LogP contribution in [0.2, 0.25) is 0 Å². The number of ether oxygens (including phenoxy) is 1. The van der Waals surface area contributed by atoms with Crippen LogP contribution in [0.15, 0.2) is 42.9 Å². The van der Waals surface area contributed by atoms with Crippen molar-refractivity contribution in [2.45, 2.75) is 39.5 Å². The van der Waals surface area contributed by atoms with Crippen molar-refractivity contribution >= 4 is 39.3 Å². The Morgan fingerprint density at radius 1 is 1.19 bits per heavy atom. The second-order valence-corrected chi connectivity index (χ2v) is 9.34. The van der Waals surface area contributed by atoms with Crippen LogP contribution in [0, 0.1) is 19.8 Å². The van der Waals surface area contributed by atoms with Gasteiger partial charge < -0.3 is 14.8 Å². The van der Waals surface area contributed by atoms with Gasteiger partial charge in [-0.3, -0.25) is 4.98 Å². The maximum Gasteiger partial charge on any atom is 0.145 e. The molecule has 1 aromatic carbocycles. The molecule has 0 spiro atoms. The van der Waals surface area contributed by atoms with Crippen molar-refractivity contribution in [1.82, 2.24) is 15.0 Å². The number of carbonyl (C=O) groups excluding carboxylic acids is 1. The fourth-order valence-corrected chi connectivity index (χ4v) is 5.53. The molecule has 0 fully saturated rings. The van der Waals surface area contributed by atoms with E-state index < -0.39 is 0 Å². The molecular weight excluding hydrogens is 420 g/mol. The molecule has 6 nitrogen and oxygen atoms in total. The Balaban J connectivity index is 1.40. The van der Waals surface area contributed by atoms with Gasteiger partial charge >= 0.3 is 0 Å². The van der Waals surface area contributed by atoms with Crippen LogP contribution in [0.5, 0.6) is 11.5 Å². The Morgan fingerprint density at radius 2 is 2.09 bits per heavy atom. The van der Waals surface area contributed by atoms with Crippen LogP contribution in [0.4, 0.5) is 11.5 Å². The quantitative estimate of drug-likeness (QED) is 0.371. The lowest BCUT2D eigenvalue weighted by atomic mass is 9.86. The van der Waals surface area contributed by atoms with Crippen LogP contribution < -0.4 is 10.1 Å². The minimum atomic E-state index is 0.441. The van der Waals surface area contributed by atoms with Crippen LogP contribution >= 0.6 is 11.3 Å². The Morgan fingerprint density at radius 3 is 2.88 bits per heavy atom. The molecule has 0 aliphatic heterocycles. The van der Waals surface area contributed by atoms with E-state index in [1.54, 1.807) is 23.9 Å². The molecule has 1 aliphatic carbocycles. The maximum absolute atomic E-state index is 10.9. The Kier molecular flexibility index (Phi) is 5.57. The van der Waals surface area contributed by atoms with Gasteiger partial charge in [-0.05, 0) is 80.5 Å². The summed E-state index contributed by atoms with van der Waals surface area (Å²) in [4.78, 5) is 26.6. The molecule has 0 saturated heterocycles. The van der Waals surface area contributed by atoms with Gasteiger partial charge in [0.05, 0.1) is 11.6 Å². The molecule has 3 aromatic heterocycles. The number of aryl methyl sites for hydroxylation is 3. The molecule has 1 N–H and O–H groups in total. The summed E-state index contributed by atoms with van der Waals surface area (Å²) in [5, 5.41) is 4.60. The summed E-state index contributed by atoms with van der Waals surface area (Å²) < 4.78 is 5.99. The number of benzene rings is 1. The van der Waals surface area contributed by atoms with E-state index in [9.17, 15) is 4.79 Å². The van der Waals surface area contributed by atoms with Gasteiger partial charge in [0.1, 0.15) is 34.8 Å². The number of nitrogens with one attached hydrogen (secondary N) is 1. The first kappa shape index (κ1) is 20.6. The van der Waals surface area contributed by atoms with Gasteiger partial charge in [-0.2, -0.15) is 0 Å². The van der Waals surface area contributed by atoms with Gasteiger partial charge in [0, 0.05) is 22.7 Å². The second-order valence-electron chi connectivity index (χ2n) is 8.26. The molecule has 0 amide bonds. The van der Waals surface area contributed by atoms with Crippen molar-refractivity contribution in [1.29, 1.82) is 0 Å². The highest BCUT2D eigenvalue weighted by Gasteiger charge is 2.25. The van der Waals surface area contributed by atoms with Crippen molar-refractivity contribution < 1.29 is 9.53 Å². The fourth-order valence-electron chi connectivity index (χ4n) is 4.23. The van der Waals surface area contributed by atoms with Gasteiger partial charge in [-0.25, -0.2) is 9.97 Å². The molecule has 4 aromatic rings. The van der Waals surface area contributed by atoms with Gasteiger partial charge in [-0.1, -0.05) is 0 Å². The zero-order chi connectivity index (χ0) is 22.1. The highest BCUT2D eigenvalue weighted by atomic mass is 32.1. The minimum absolute atomic E-state index is 0.441. The Labute approximate surface area is 190 Å². The molecule has 0 bridgehead atoms. The number of aldehydes is 1. The third-order valence-corrected chi connectivity index (χ3v) is 7.09. The van der Waals surface area contributed by atoms with Crippen LogP contribution in [0.1, 0.15) is 34.5 Å². The van der Waals surface area contributed by atoms with Crippen LogP contribution in [-0.4, -0.2) is 21.2 Å². The lowest BCUT2D eigenvalue weighted by molar-refractivity contribution is -0.108. The van der Waals surface area contributed by atoms with Crippen LogP contribution in [0.3, 0.4) is 0 Å². The van der Waals surface area contributed by atoms with Crippen molar-refractivity contribution in [3.63, 3.8) is 0 Å². The average molecular weight is 445 g/mol. The third kappa shape index (κ3) is 4.08. The predicted octanol–water partition coefficient (Wildman–Crippen LogP) is 5.93. The smallest absolute Gasteiger partial charge is 0.145 e. The Bertz CT molecular complexity index is 1280. The molecule has 3 heterocycles. The van der Waals surface area contributed by atoms with E-state index in [2.05, 4.69) is 26.3 Å². The molecule has 7 heteroatoms. The molecule has 1 unspecified atom stereocenters. The standard InChI is InChI=1S/C25H24N4O2S/c1-15-11-18(5-8-21(15)31-19-6-3-16(2)26-13-19)29-24-23-20-7-4-17(9-10-30)12-22(20)32-25(23)28-14-27-24/h3,5-6,8,10-11,13-14,17H,4,7,9,12H2,1-2H3,(H,27,28,29). The molecule has 1 atom stereocenters. The molecule has 0 saturated carbocycles. The number of carbonyl (C=O) groups is 1.